The Morgan fingerprint density at radius 3 is 2.39 bits per heavy atom. The summed E-state index contributed by atoms with van der Waals surface area (Å²) in [5.41, 5.74) is 4.54. The number of sulfonamides is 1. The number of rotatable bonds is 5. The Bertz CT molecular complexity index is 1300. The molecule has 0 fully saturated rings. The van der Waals surface area contributed by atoms with Crippen LogP contribution in [0.3, 0.4) is 0 Å². The van der Waals surface area contributed by atoms with Crippen molar-refractivity contribution >= 4 is 21.8 Å². The lowest BCUT2D eigenvalue weighted by Crippen LogP contribution is -2.29. The fourth-order valence-electron chi connectivity index (χ4n) is 3.70. The molecule has 1 N–H and O–H groups in total. The van der Waals surface area contributed by atoms with Crippen molar-refractivity contribution in [2.75, 3.05) is 6.54 Å². The number of fused-ring (bicyclic) bond motifs is 1. The van der Waals surface area contributed by atoms with E-state index in [0.717, 1.165) is 21.0 Å². The lowest BCUT2D eigenvalue weighted by atomic mass is 10.0. The summed E-state index contributed by atoms with van der Waals surface area (Å²) in [7, 11) is -3.90. The minimum Gasteiger partial charge on any atom is -0.348 e. The minimum atomic E-state index is -3.90. The monoisotopic (exact) mass is 434 g/mol. The summed E-state index contributed by atoms with van der Waals surface area (Å²) in [5.74, 6) is -0.959. The fraction of sp³-hybridized carbons (Fsp3) is 0.167. The third-order valence-electron chi connectivity index (χ3n) is 5.29. The first-order valence-electron chi connectivity index (χ1n) is 9.96. The van der Waals surface area contributed by atoms with Gasteiger partial charge in [-0.3, -0.25) is 9.59 Å². The highest BCUT2D eigenvalue weighted by Gasteiger charge is 2.40. The van der Waals surface area contributed by atoms with Crippen LogP contribution in [0.1, 0.15) is 38.8 Å². The third kappa shape index (κ3) is 3.84. The van der Waals surface area contributed by atoms with Crippen LogP contribution < -0.4 is 5.32 Å². The molecule has 0 saturated heterocycles. The molecule has 2 amide bonds. The van der Waals surface area contributed by atoms with Gasteiger partial charge in [-0.2, -0.15) is 0 Å². The molecule has 1 aliphatic heterocycles. The van der Waals surface area contributed by atoms with Crippen LogP contribution in [0.2, 0.25) is 0 Å². The number of carbonyl (C=O) groups excluding carboxylic acids is 2. The maximum Gasteiger partial charge on any atom is 0.268 e. The van der Waals surface area contributed by atoms with Crippen LogP contribution in [0.4, 0.5) is 0 Å². The SMILES string of the molecule is CCN1C(=O)c2ccc(C(=O)NCc3cccc(-c4cccc(C)c4)c3)cc2S1(=O)=O. The Morgan fingerprint density at radius 1 is 0.968 bits per heavy atom. The summed E-state index contributed by atoms with van der Waals surface area (Å²) in [6.07, 6.45) is 0. The van der Waals surface area contributed by atoms with Gasteiger partial charge in [0, 0.05) is 18.7 Å². The highest BCUT2D eigenvalue weighted by molar-refractivity contribution is 7.90. The van der Waals surface area contributed by atoms with E-state index in [-0.39, 0.29) is 22.6 Å². The van der Waals surface area contributed by atoms with Crippen LogP contribution in [-0.2, 0) is 16.6 Å². The van der Waals surface area contributed by atoms with Gasteiger partial charge in [-0.05, 0) is 54.8 Å². The summed E-state index contributed by atoms with van der Waals surface area (Å²) in [5, 5.41) is 2.83. The second kappa shape index (κ2) is 8.00. The van der Waals surface area contributed by atoms with E-state index >= 15 is 0 Å². The molecule has 158 valence electrons. The van der Waals surface area contributed by atoms with Gasteiger partial charge in [0.25, 0.3) is 21.8 Å². The van der Waals surface area contributed by atoms with Gasteiger partial charge in [0.05, 0.1) is 5.56 Å². The van der Waals surface area contributed by atoms with Gasteiger partial charge < -0.3 is 5.32 Å². The third-order valence-corrected chi connectivity index (χ3v) is 7.19. The fourth-order valence-corrected chi connectivity index (χ4v) is 5.30. The second-order valence-corrected chi connectivity index (χ2v) is 9.27. The Labute approximate surface area is 181 Å². The summed E-state index contributed by atoms with van der Waals surface area (Å²) >= 11 is 0. The Morgan fingerprint density at radius 2 is 1.68 bits per heavy atom. The van der Waals surface area contributed by atoms with Gasteiger partial charge in [-0.1, -0.05) is 48.0 Å². The molecule has 0 spiro atoms. The van der Waals surface area contributed by atoms with E-state index in [1.807, 2.05) is 49.4 Å². The first-order valence-corrected chi connectivity index (χ1v) is 11.4. The molecule has 0 aromatic heterocycles. The van der Waals surface area contributed by atoms with Crippen LogP contribution in [0.25, 0.3) is 11.1 Å². The van der Waals surface area contributed by atoms with Crippen molar-refractivity contribution in [3.05, 3.63) is 89.0 Å². The summed E-state index contributed by atoms with van der Waals surface area (Å²) < 4.78 is 25.9. The highest BCUT2D eigenvalue weighted by atomic mass is 32.2. The predicted octanol–water partition coefficient (Wildman–Crippen LogP) is 3.76. The number of nitrogens with zero attached hydrogens (tertiary/aromatic N) is 1. The zero-order chi connectivity index (χ0) is 22.2. The van der Waals surface area contributed by atoms with E-state index < -0.39 is 21.8 Å². The summed E-state index contributed by atoms with van der Waals surface area (Å²) in [6.45, 7) is 3.98. The molecular weight excluding hydrogens is 412 g/mol. The molecule has 0 aliphatic carbocycles. The quantitative estimate of drug-likeness (QED) is 0.663. The predicted molar refractivity (Wildman–Crippen MR) is 118 cm³/mol. The van der Waals surface area contributed by atoms with Crippen molar-refractivity contribution in [1.82, 2.24) is 9.62 Å². The smallest absolute Gasteiger partial charge is 0.268 e. The van der Waals surface area contributed by atoms with Gasteiger partial charge >= 0.3 is 0 Å². The van der Waals surface area contributed by atoms with Gasteiger partial charge in [-0.25, -0.2) is 12.7 Å². The van der Waals surface area contributed by atoms with E-state index in [1.165, 1.54) is 23.8 Å². The van der Waals surface area contributed by atoms with E-state index in [9.17, 15) is 18.0 Å². The van der Waals surface area contributed by atoms with E-state index in [1.54, 1.807) is 6.92 Å². The van der Waals surface area contributed by atoms with Crippen molar-refractivity contribution in [3.8, 4) is 11.1 Å². The van der Waals surface area contributed by atoms with Gasteiger partial charge in [0.2, 0.25) is 0 Å². The largest absolute Gasteiger partial charge is 0.348 e. The molecule has 0 bridgehead atoms. The molecule has 7 heteroatoms. The van der Waals surface area contributed by atoms with Crippen LogP contribution in [0, 0.1) is 6.92 Å². The van der Waals surface area contributed by atoms with Crippen molar-refractivity contribution in [3.63, 3.8) is 0 Å². The minimum absolute atomic E-state index is 0.0503. The zero-order valence-electron chi connectivity index (χ0n) is 17.3. The van der Waals surface area contributed by atoms with Crippen LogP contribution >= 0.6 is 0 Å². The molecule has 1 heterocycles. The average molecular weight is 435 g/mol. The molecule has 0 atom stereocenters. The average Bonchev–Trinajstić information content (AvgIpc) is 2.96. The molecule has 6 nitrogen and oxygen atoms in total. The number of amides is 2. The maximum atomic E-state index is 12.7. The number of benzene rings is 3. The lowest BCUT2D eigenvalue weighted by molar-refractivity contribution is 0.0874. The van der Waals surface area contributed by atoms with E-state index in [4.69, 9.17) is 0 Å². The molecule has 4 rings (SSSR count). The van der Waals surface area contributed by atoms with E-state index in [2.05, 4.69) is 11.4 Å². The topological polar surface area (TPSA) is 83.6 Å². The van der Waals surface area contributed by atoms with Crippen molar-refractivity contribution < 1.29 is 18.0 Å². The first-order chi connectivity index (χ1) is 14.8. The molecule has 0 radical (unpaired) electrons. The first kappa shape index (κ1) is 20.8. The standard InChI is InChI=1S/C24H22N2O4S/c1-3-26-24(28)21-11-10-20(14-22(21)31(26,29)30)23(27)25-15-17-7-5-9-19(13-17)18-8-4-6-16(2)12-18/h4-14H,3,15H2,1-2H3,(H,25,27). The maximum absolute atomic E-state index is 12.7. The van der Waals surface area contributed by atoms with Crippen molar-refractivity contribution in [2.45, 2.75) is 25.3 Å². The number of carbonyl (C=O) groups is 2. The molecule has 0 unspecified atom stereocenters. The van der Waals surface area contributed by atoms with Crippen LogP contribution in [-0.4, -0.2) is 31.1 Å². The van der Waals surface area contributed by atoms with Gasteiger partial charge in [-0.15, -0.1) is 0 Å². The summed E-state index contributed by atoms with van der Waals surface area (Å²) in [4.78, 5) is 24.8. The van der Waals surface area contributed by atoms with Crippen molar-refractivity contribution in [1.29, 1.82) is 0 Å². The Hall–Kier alpha value is -3.45. The van der Waals surface area contributed by atoms with E-state index in [0.29, 0.717) is 6.54 Å². The lowest BCUT2D eigenvalue weighted by Gasteiger charge is -2.11. The Kier molecular flexibility index (Phi) is 5.37. The number of hydrogen-bond acceptors (Lipinski definition) is 4. The molecular formula is C24H22N2O4S. The highest BCUT2D eigenvalue weighted by Crippen LogP contribution is 2.30. The Balaban J connectivity index is 1.52. The van der Waals surface area contributed by atoms with Gasteiger partial charge in [0.15, 0.2) is 0 Å². The van der Waals surface area contributed by atoms with Crippen LogP contribution in [0.15, 0.2) is 71.6 Å². The molecule has 3 aromatic carbocycles. The number of nitrogens with one attached hydrogen (secondary N) is 1. The summed E-state index contributed by atoms with van der Waals surface area (Å²) in [6, 6.07) is 20.2. The van der Waals surface area contributed by atoms with Crippen molar-refractivity contribution in [2.24, 2.45) is 0 Å². The molecule has 0 saturated carbocycles. The van der Waals surface area contributed by atoms with Crippen LogP contribution in [0.5, 0.6) is 0 Å². The van der Waals surface area contributed by atoms with Gasteiger partial charge in [0.1, 0.15) is 4.90 Å². The molecule has 1 aliphatic rings. The number of aryl methyl sites for hydroxylation is 1. The normalized spacial score (nSPS) is 14.4. The molecule has 3 aromatic rings. The zero-order valence-corrected chi connectivity index (χ0v) is 18.1. The second-order valence-electron chi connectivity index (χ2n) is 7.44. The number of hydrogen-bond donors (Lipinski definition) is 1. The molecule has 31 heavy (non-hydrogen) atoms.